The lowest BCUT2D eigenvalue weighted by Crippen LogP contribution is -2.60. The summed E-state index contributed by atoms with van der Waals surface area (Å²) in [5.74, 6) is 3.13. The molecule has 180 valence electrons. The highest BCUT2D eigenvalue weighted by atomic mass is 32.2. The Hall–Kier alpha value is -3.20. The highest BCUT2D eigenvalue weighted by Crippen LogP contribution is 2.55. The smallest absolute Gasteiger partial charge is 0.256 e. The molecule has 4 aliphatic carbocycles. The minimum absolute atomic E-state index is 0.00861. The van der Waals surface area contributed by atoms with Gasteiger partial charge in [0.15, 0.2) is 5.82 Å². The molecule has 0 spiro atoms. The van der Waals surface area contributed by atoms with E-state index in [1.165, 1.54) is 37.4 Å². The number of carbonyl (C=O) groups is 2. The number of aromatic nitrogens is 4. The number of benzene rings is 1. The molecule has 2 aromatic heterocycles. The van der Waals surface area contributed by atoms with E-state index >= 15 is 0 Å². The van der Waals surface area contributed by atoms with E-state index in [0.717, 1.165) is 41.9 Å². The van der Waals surface area contributed by atoms with Crippen LogP contribution in [0.1, 0.15) is 48.9 Å². The monoisotopic (exact) mass is 488 g/mol. The maximum Gasteiger partial charge on any atom is 0.256 e. The molecule has 3 aromatic rings. The summed E-state index contributed by atoms with van der Waals surface area (Å²) in [6, 6.07) is 10.9. The SMILES string of the molecule is O=C(CSc1ccccc1C(=O)Nc1ccc(-n2cncn2)nc1)NC12CC3CC(CC(C3)C1)C2. The number of nitrogens with zero attached hydrogens (tertiary/aromatic N) is 4. The van der Waals surface area contributed by atoms with Crippen molar-refractivity contribution in [1.29, 1.82) is 0 Å². The molecular weight excluding hydrogens is 460 g/mol. The van der Waals surface area contributed by atoms with E-state index < -0.39 is 0 Å². The van der Waals surface area contributed by atoms with Gasteiger partial charge < -0.3 is 10.6 Å². The number of anilines is 1. The molecule has 9 heteroatoms. The van der Waals surface area contributed by atoms with Crippen LogP contribution >= 0.6 is 11.8 Å². The van der Waals surface area contributed by atoms with Gasteiger partial charge in [-0.3, -0.25) is 9.59 Å². The van der Waals surface area contributed by atoms with Gasteiger partial charge in [-0.25, -0.2) is 14.6 Å². The van der Waals surface area contributed by atoms with Gasteiger partial charge in [0, 0.05) is 10.4 Å². The normalized spacial score (nSPS) is 26.5. The first-order chi connectivity index (χ1) is 17.1. The number of carbonyl (C=O) groups excluding carboxylic acids is 2. The van der Waals surface area contributed by atoms with Crippen LogP contribution < -0.4 is 10.6 Å². The van der Waals surface area contributed by atoms with Gasteiger partial charge in [-0.1, -0.05) is 12.1 Å². The van der Waals surface area contributed by atoms with Crippen molar-refractivity contribution < 1.29 is 9.59 Å². The summed E-state index contributed by atoms with van der Waals surface area (Å²) < 4.78 is 1.55. The number of rotatable bonds is 7. The van der Waals surface area contributed by atoms with Gasteiger partial charge in [0.25, 0.3) is 5.91 Å². The Labute approximate surface area is 208 Å². The number of hydrogen-bond donors (Lipinski definition) is 2. The molecule has 4 saturated carbocycles. The van der Waals surface area contributed by atoms with Crippen LogP contribution in [0.3, 0.4) is 0 Å². The molecule has 2 N–H and O–H groups in total. The molecule has 2 heterocycles. The highest BCUT2D eigenvalue weighted by Gasteiger charge is 2.51. The number of thioether (sulfide) groups is 1. The Kier molecular flexibility index (Phi) is 5.80. The van der Waals surface area contributed by atoms with Crippen LogP contribution in [0.2, 0.25) is 0 Å². The third-order valence-corrected chi connectivity index (χ3v) is 8.67. The maximum absolute atomic E-state index is 13.0. The number of amides is 2. The second-order valence-electron chi connectivity index (χ2n) is 10.2. The molecule has 7 rings (SSSR count). The molecule has 0 aliphatic heterocycles. The second-order valence-corrected chi connectivity index (χ2v) is 11.2. The van der Waals surface area contributed by atoms with Crippen molar-refractivity contribution in [2.45, 2.75) is 49.0 Å². The molecule has 4 bridgehead atoms. The standard InChI is InChI=1S/C26H28N6O2S/c33-24(31-26-10-17-7-18(11-26)9-19(8-17)12-26)14-35-22-4-2-1-3-21(22)25(34)30-20-5-6-23(28-13-20)32-16-27-15-29-32/h1-6,13,15-19H,7-12,14H2,(H,30,34)(H,31,33). The van der Waals surface area contributed by atoms with E-state index in [4.69, 9.17) is 0 Å². The number of nitrogens with one attached hydrogen (secondary N) is 2. The summed E-state index contributed by atoms with van der Waals surface area (Å²) in [4.78, 5) is 35.0. The lowest BCUT2D eigenvalue weighted by Gasteiger charge is -2.56. The van der Waals surface area contributed by atoms with Crippen molar-refractivity contribution in [3.05, 3.63) is 60.8 Å². The number of hydrogen-bond acceptors (Lipinski definition) is 6. The molecule has 1 aromatic carbocycles. The van der Waals surface area contributed by atoms with E-state index in [-0.39, 0.29) is 17.4 Å². The van der Waals surface area contributed by atoms with Crippen LogP contribution in [0, 0.1) is 17.8 Å². The summed E-state index contributed by atoms with van der Waals surface area (Å²) in [6.45, 7) is 0. The first-order valence-electron chi connectivity index (χ1n) is 12.2. The Balaban J connectivity index is 1.08. The van der Waals surface area contributed by atoms with Crippen molar-refractivity contribution in [3.8, 4) is 5.82 Å². The summed E-state index contributed by atoms with van der Waals surface area (Å²) in [5.41, 5.74) is 1.13. The van der Waals surface area contributed by atoms with Crippen molar-refractivity contribution in [3.63, 3.8) is 0 Å². The average molecular weight is 489 g/mol. The zero-order valence-corrected chi connectivity index (χ0v) is 20.2. The van der Waals surface area contributed by atoms with E-state index in [2.05, 4.69) is 25.7 Å². The van der Waals surface area contributed by atoms with Gasteiger partial charge in [-0.05, 0) is 80.5 Å². The third-order valence-electron chi connectivity index (χ3n) is 7.59. The Bertz CT molecular complexity index is 1190. The molecule has 8 nitrogen and oxygen atoms in total. The van der Waals surface area contributed by atoms with Crippen LogP contribution in [-0.2, 0) is 4.79 Å². The largest absolute Gasteiger partial charge is 0.350 e. The van der Waals surface area contributed by atoms with E-state index in [0.29, 0.717) is 22.8 Å². The Morgan fingerprint density at radius 3 is 2.43 bits per heavy atom. The van der Waals surface area contributed by atoms with Crippen molar-refractivity contribution in [2.24, 2.45) is 17.8 Å². The summed E-state index contributed by atoms with van der Waals surface area (Å²) in [7, 11) is 0. The summed E-state index contributed by atoms with van der Waals surface area (Å²) >= 11 is 1.42. The molecular formula is C26H28N6O2S. The summed E-state index contributed by atoms with van der Waals surface area (Å²) in [5, 5.41) is 10.4. The topological polar surface area (TPSA) is 102 Å². The first-order valence-corrected chi connectivity index (χ1v) is 13.2. The van der Waals surface area contributed by atoms with Gasteiger partial charge in [0.05, 0.1) is 23.2 Å². The lowest BCUT2D eigenvalue weighted by molar-refractivity contribution is -0.124. The van der Waals surface area contributed by atoms with Crippen molar-refractivity contribution >= 4 is 29.3 Å². The van der Waals surface area contributed by atoms with E-state index in [1.54, 1.807) is 35.4 Å². The van der Waals surface area contributed by atoms with Gasteiger partial charge in [0.2, 0.25) is 5.91 Å². The fourth-order valence-corrected chi connectivity index (χ4v) is 7.49. The molecule has 4 aliphatic rings. The minimum atomic E-state index is -0.232. The van der Waals surface area contributed by atoms with Crippen molar-refractivity contribution in [2.75, 3.05) is 11.1 Å². The predicted molar refractivity (Wildman–Crippen MR) is 133 cm³/mol. The second kappa shape index (κ2) is 9.11. The maximum atomic E-state index is 13.0. The molecule has 4 fully saturated rings. The minimum Gasteiger partial charge on any atom is -0.350 e. The van der Waals surface area contributed by atoms with Crippen LogP contribution in [0.4, 0.5) is 5.69 Å². The van der Waals surface area contributed by atoms with Gasteiger partial charge >= 0.3 is 0 Å². The van der Waals surface area contributed by atoms with Crippen LogP contribution in [-0.4, -0.2) is 42.9 Å². The van der Waals surface area contributed by atoms with Crippen molar-refractivity contribution in [1.82, 2.24) is 25.1 Å². The van der Waals surface area contributed by atoms with Crippen LogP contribution in [0.15, 0.2) is 60.1 Å². The third kappa shape index (κ3) is 4.69. The quantitative estimate of drug-likeness (QED) is 0.486. The fourth-order valence-electron chi connectivity index (χ4n) is 6.64. The van der Waals surface area contributed by atoms with Gasteiger partial charge in [-0.2, -0.15) is 5.10 Å². The molecule has 35 heavy (non-hydrogen) atoms. The zero-order chi connectivity index (χ0) is 23.8. The van der Waals surface area contributed by atoms with Crippen LogP contribution in [0.25, 0.3) is 5.82 Å². The van der Waals surface area contributed by atoms with E-state index in [1.807, 2.05) is 18.2 Å². The fraction of sp³-hybridized carbons (Fsp3) is 0.423. The average Bonchev–Trinajstić information content (AvgIpc) is 3.37. The Morgan fingerprint density at radius 1 is 1.03 bits per heavy atom. The molecule has 0 unspecified atom stereocenters. The van der Waals surface area contributed by atoms with Crippen LogP contribution in [0.5, 0.6) is 0 Å². The molecule has 0 atom stereocenters. The summed E-state index contributed by atoms with van der Waals surface area (Å²) in [6.07, 6.45) is 12.1. The van der Waals surface area contributed by atoms with E-state index in [9.17, 15) is 9.59 Å². The molecule has 2 amide bonds. The number of pyridine rings is 1. The highest BCUT2D eigenvalue weighted by molar-refractivity contribution is 8.00. The zero-order valence-electron chi connectivity index (χ0n) is 19.4. The predicted octanol–water partition coefficient (Wildman–Crippen LogP) is 4.09. The first kappa shape index (κ1) is 22.3. The lowest BCUT2D eigenvalue weighted by atomic mass is 9.53. The van der Waals surface area contributed by atoms with Gasteiger partial charge in [-0.15, -0.1) is 11.8 Å². The van der Waals surface area contributed by atoms with Gasteiger partial charge in [0.1, 0.15) is 12.7 Å². The molecule has 0 radical (unpaired) electrons. The Morgan fingerprint density at radius 2 is 1.77 bits per heavy atom. The molecule has 0 saturated heterocycles.